The quantitative estimate of drug-likeness (QED) is 0.875. The van der Waals surface area contributed by atoms with E-state index < -0.39 is 0 Å². The third kappa shape index (κ3) is 4.99. The summed E-state index contributed by atoms with van der Waals surface area (Å²) in [6.45, 7) is 4.85. The predicted octanol–water partition coefficient (Wildman–Crippen LogP) is 2.05. The summed E-state index contributed by atoms with van der Waals surface area (Å²) in [7, 11) is 0. The molecule has 1 saturated heterocycles. The highest BCUT2D eigenvalue weighted by Gasteiger charge is 2.30. The summed E-state index contributed by atoms with van der Waals surface area (Å²) in [5.74, 6) is 0.0205. The minimum absolute atomic E-state index is 0.0205. The number of carbonyl (C=O) groups is 1. The molecule has 1 unspecified atom stereocenters. The predicted molar refractivity (Wildman–Crippen MR) is 84.2 cm³/mol. The molecule has 1 atom stereocenters. The number of aliphatic hydroxyl groups excluding tert-OH is 1. The molecule has 1 aromatic rings. The largest absolute Gasteiger partial charge is 0.396 e. The van der Waals surface area contributed by atoms with Crippen LogP contribution < -0.4 is 5.32 Å². The van der Waals surface area contributed by atoms with E-state index in [4.69, 9.17) is 11.6 Å². The van der Waals surface area contributed by atoms with Gasteiger partial charge in [0, 0.05) is 30.1 Å². The zero-order chi connectivity index (χ0) is 15.3. The molecule has 0 spiro atoms. The summed E-state index contributed by atoms with van der Waals surface area (Å²) < 4.78 is 0. The van der Waals surface area contributed by atoms with E-state index in [0.29, 0.717) is 18.1 Å². The summed E-state index contributed by atoms with van der Waals surface area (Å²) in [4.78, 5) is 14.1. The molecule has 116 valence electrons. The van der Waals surface area contributed by atoms with Gasteiger partial charge in [0.1, 0.15) is 0 Å². The van der Waals surface area contributed by atoms with Crippen LogP contribution in [0.3, 0.4) is 0 Å². The van der Waals surface area contributed by atoms with Crippen molar-refractivity contribution in [2.24, 2.45) is 5.41 Å². The Morgan fingerprint density at radius 2 is 2.14 bits per heavy atom. The Kier molecular flexibility index (Phi) is 5.62. The van der Waals surface area contributed by atoms with Crippen LogP contribution in [0.4, 0.5) is 0 Å². The molecule has 0 bridgehead atoms. The van der Waals surface area contributed by atoms with Crippen LogP contribution in [0.1, 0.15) is 25.3 Å². The zero-order valence-corrected chi connectivity index (χ0v) is 13.2. The Labute approximate surface area is 131 Å². The van der Waals surface area contributed by atoms with Gasteiger partial charge in [-0.15, -0.1) is 0 Å². The van der Waals surface area contributed by atoms with Gasteiger partial charge in [-0.3, -0.25) is 9.69 Å². The molecule has 1 fully saturated rings. The Morgan fingerprint density at radius 3 is 2.81 bits per heavy atom. The highest BCUT2D eigenvalue weighted by Crippen LogP contribution is 2.28. The number of hydrogen-bond acceptors (Lipinski definition) is 3. The molecule has 0 radical (unpaired) electrons. The lowest BCUT2D eigenvalue weighted by Gasteiger charge is -2.38. The van der Waals surface area contributed by atoms with Gasteiger partial charge in [0.05, 0.1) is 6.54 Å². The SMILES string of the molecule is CC1(CO)CCCN(CC(=O)NCc2ccc(Cl)cc2)C1. The molecule has 1 aliphatic heterocycles. The number of benzene rings is 1. The number of carbonyl (C=O) groups excluding carboxylic acids is 1. The lowest BCUT2D eigenvalue weighted by Crippen LogP contribution is -2.47. The Morgan fingerprint density at radius 1 is 1.43 bits per heavy atom. The van der Waals surface area contributed by atoms with E-state index in [1.54, 1.807) is 0 Å². The van der Waals surface area contributed by atoms with Crippen molar-refractivity contribution in [2.45, 2.75) is 26.3 Å². The van der Waals surface area contributed by atoms with E-state index in [2.05, 4.69) is 17.1 Å². The fraction of sp³-hybridized carbons (Fsp3) is 0.562. The maximum Gasteiger partial charge on any atom is 0.234 e. The first-order valence-corrected chi connectivity index (χ1v) is 7.73. The number of aliphatic hydroxyl groups is 1. The number of nitrogens with one attached hydrogen (secondary N) is 1. The van der Waals surface area contributed by atoms with Gasteiger partial charge in [0.15, 0.2) is 0 Å². The minimum atomic E-state index is -0.0747. The average Bonchev–Trinajstić information content (AvgIpc) is 2.47. The van der Waals surface area contributed by atoms with Gasteiger partial charge >= 0.3 is 0 Å². The first-order valence-electron chi connectivity index (χ1n) is 7.35. The summed E-state index contributed by atoms with van der Waals surface area (Å²) in [5, 5.41) is 13.1. The fourth-order valence-corrected chi connectivity index (χ4v) is 2.88. The maximum atomic E-state index is 12.0. The van der Waals surface area contributed by atoms with Crippen LogP contribution in [0.25, 0.3) is 0 Å². The number of likely N-dealkylation sites (tertiary alicyclic amines) is 1. The molecule has 1 heterocycles. The third-order valence-electron chi connectivity index (χ3n) is 4.01. The monoisotopic (exact) mass is 310 g/mol. The van der Waals surface area contributed by atoms with Crippen molar-refractivity contribution in [3.63, 3.8) is 0 Å². The highest BCUT2D eigenvalue weighted by molar-refractivity contribution is 6.30. The topological polar surface area (TPSA) is 52.6 Å². The van der Waals surface area contributed by atoms with Crippen molar-refractivity contribution in [3.8, 4) is 0 Å². The molecule has 0 aliphatic carbocycles. The van der Waals surface area contributed by atoms with Gasteiger partial charge in [-0.1, -0.05) is 30.7 Å². The van der Waals surface area contributed by atoms with E-state index in [-0.39, 0.29) is 17.9 Å². The maximum absolute atomic E-state index is 12.0. The lowest BCUT2D eigenvalue weighted by molar-refractivity contribution is -0.123. The second kappa shape index (κ2) is 7.25. The van der Waals surface area contributed by atoms with Crippen molar-refractivity contribution in [1.29, 1.82) is 0 Å². The molecule has 21 heavy (non-hydrogen) atoms. The fourth-order valence-electron chi connectivity index (χ4n) is 2.75. The van der Waals surface area contributed by atoms with Gasteiger partial charge in [0.25, 0.3) is 0 Å². The normalized spacial score (nSPS) is 23.0. The van der Waals surface area contributed by atoms with Crippen molar-refractivity contribution in [3.05, 3.63) is 34.9 Å². The van der Waals surface area contributed by atoms with Crippen LogP contribution in [-0.4, -0.2) is 42.2 Å². The van der Waals surface area contributed by atoms with Gasteiger partial charge in [-0.05, 0) is 37.1 Å². The standard InChI is InChI=1S/C16H23ClN2O2/c1-16(12-20)7-2-8-19(11-16)10-15(21)18-9-13-3-5-14(17)6-4-13/h3-6,20H,2,7-12H2,1H3,(H,18,21). The minimum Gasteiger partial charge on any atom is -0.396 e. The van der Waals surface area contributed by atoms with E-state index >= 15 is 0 Å². The number of halogens is 1. The number of hydrogen-bond donors (Lipinski definition) is 2. The Hall–Kier alpha value is -1.10. The van der Waals surface area contributed by atoms with E-state index in [9.17, 15) is 9.90 Å². The molecule has 2 N–H and O–H groups in total. The molecule has 2 rings (SSSR count). The van der Waals surface area contributed by atoms with Crippen LogP contribution in [0.5, 0.6) is 0 Å². The van der Waals surface area contributed by atoms with Crippen LogP contribution in [-0.2, 0) is 11.3 Å². The van der Waals surface area contributed by atoms with Crippen molar-refractivity contribution < 1.29 is 9.90 Å². The first kappa shape index (κ1) is 16.3. The molecule has 1 aliphatic rings. The zero-order valence-electron chi connectivity index (χ0n) is 12.4. The number of rotatable bonds is 5. The van der Waals surface area contributed by atoms with Crippen LogP contribution in [0.2, 0.25) is 5.02 Å². The molecular formula is C16H23ClN2O2. The van der Waals surface area contributed by atoms with Gasteiger partial charge in [-0.25, -0.2) is 0 Å². The van der Waals surface area contributed by atoms with Gasteiger partial charge < -0.3 is 10.4 Å². The molecule has 0 saturated carbocycles. The van der Waals surface area contributed by atoms with Crippen molar-refractivity contribution in [1.82, 2.24) is 10.2 Å². The summed E-state index contributed by atoms with van der Waals surface area (Å²) >= 11 is 5.83. The highest BCUT2D eigenvalue weighted by atomic mass is 35.5. The summed E-state index contributed by atoms with van der Waals surface area (Å²) in [6.07, 6.45) is 2.05. The van der Waals surface area contributed by atoms with E-state index in [0.717, 1.165) is 31.5 Å². The van der Waals surface area contributed by atoms with Crippen LogP contribution >= 0.6 is 11.6 Å². The van der Waals surface area contributed by atoms with Crippen molar-refractivity contribution in [2.75, 3.05) is 26.2 Å². The molecule has 0 aromatic heterocycles. The van der Waals surface area contributed by atoms with Gasteiger partial charge in [0.2, 0.25) is 5.91 Å². The second-order valence-corrected chi connectivity index (χ2v) is 6.62. The lowest BCUT2D eigenvalue weighted by atomic mass is 9.83. The third-order valence-corrected chi connectivity index (χ3v) is 4.26. The van der Waals surface area contributed by atoms with Crippen molar-refractivity contribution >= 4 is 17.5 Å². The summed E-state index contributed by atoms with van der Waals surface area (Å²) in [6, 6.07) is 7.46. The second-order valence-electron chi connectivity index (χ2n) is 6.19. The Balaban J connectivity index is 1.78. The summed E-state index contributed by atoms with van der Waals surface area (Å²) in [5.41, 5.74) is 0.959. The number of nitrogens with zero attached hydrogens (tertiary/aromatic N) is 1. The smallest absolute Gasteiger partial charge is 0.234 e. The number of amides is 1. The van der Waals surface area contributed by atoms with E-state index in [1.807, 2.05) is 24.3 Å². The molecule has 4 nitrogen and oxygen atoms in total. The van der Waals surface area contributed by atoms with Crippen LogP contribution in [0.15, 0.2) is 24.3 Å². The number of piperidine rings is 1. The molecule has 5 heteroatoms. The first-order chi connectivity index (χ1) is 10.0. The average molecular weight is 311 g/mol. The Bertz CT molecular complexity index is 478. The van der Waals surface area contributed by atoms with E-state index in [1.165, 1.54) is 0 Å². The van der Waals surface area contributed by atoms with Gasteiger partial charge in [-0.2, -0.15) is 0 Å². The molecular weight excluding hydrogens is 288 g/mol. The molecule has 1 amide bonds. The molecule has 1 aromatic carbocycles. The van der Waals surface area contributed by atoms with Crippen LogP contribution in [0, 0.1) is 5.41 Å².